The molecule has 0 spiro atoms. The third kappa shape index (κ3) is 3.60. The Morgan fingerprint density at radius 3 is 2.39 bits per heavy atom. The average molecular weight is 435 g/mol. The second-order valence-corrected chi connectivity index (χ2v) is 7.11. The molecule has 2 aromatic heterocycles. The standard InChI is InChI=1S/C20H17F4N5O2/c1-10(21)19(30)28-8-14(9-28)29-17-16(25-11(2)26-18(17)31-3)15(27-29)12-4-6-13(7-5-12)20(22,23)24/h4-7,14H,1,8-9H2,2-3H3. The van der Waals surface area contributed by atoms with Crippen molar-refractivity contribution in [3.8, 4) is 17.1 Å². The van der Waals surface area contributed by atoms with Crippen molar-refractivity contribution >= 4 is 16.9 Å². The fraction of sp³-hybridized carbons (Fsp3) is 0.300. The monoisotopic (exact) mass is 435 g/mol. The number of aryl methyl sites for hydroxylation is 1. The summed E-state index contributed by atoms with van der Waals surface area (Å²) >= 11 is 0. The van der Waals surface area contributed by atoms with E-state index in [2.05, 4.69) is 21.6 Å². The number of halogens is 4. The van der Waals surface area contributed by atoms with Gasteiger partial charge < -0.3 is 9.64 Å². The fourth-order valence-corrected chi connectivity index (χ4v) is 3.48. The minimum absolute atomic E-state index is 0.183. The van der Waals surface area contributed by atoms with Crippen molar-refractivity contribution in [2.75, 3.05) is 20.2 Å². The molecule has 3 heterocycles. The van der Waals surface area contributed by atoms with Gasteiger partial charge in [-0.2, -0.15) is 23.3 Å². The number of alkyl halides is 3. The van der Waals surface area contributed by atoms with E-state index in [0.717, 1.165) is 12.1 Å². The highest BCUT2D eigenvalue weighted by Crippen LogP contribution is 2.37. The van der Waals surface area contributed by atoms with E-state index < -0.39 is 23.5 Å². The van der Waals surface area contributed by atoms with Gasteiger partial charge in [-0.1, -0.05) is 18.7 Å². The number of likely N-dealkylation sites (tertiary alicyclic amines) is 1. The fourth-order valence-electron chi connectivity index (χ4n) is 3.48. The van der Waals surface area contributed by atoms with Crippen molar-refractivity contribution in [2.24, 2.45) is 0 Å². The molecular formula is C20H17F4N5O2. The molecule has 1 fully saturated rings. The Kier molecular flexibility index (Phi) is 4.91. The van der Waals surface area contributed by atoms with Gasteiger partial charge >= 0.3 is 6.18 Å². The number of amides is 1. The zero-order chi connectivity index (χ0) is 22.5. The molecule has 7 nitrogen and oxygen atoms in total. The molecule has 1 aromatic carbocycles. The number of hydrogen-bond donors (Lipinski definition) is 0. The summed E-state index contributed by atoms with van der Waals surface area (Å²) < 4.78 is 58.9. The van der Waals surface area contributed by atoms with Crippen LogP contribution in [0, 0.1) is 6.92 Å². The summed E-state index contributed by atoms with van der Waals surface area (Å²) in [6.07, 6.45) is -4.45. The van der Waals surface area contributed by atoms with Gasteiger partial charge in [-0.25, -0.2) is 9.37 Å². The molecule has 3 aromatic rings. The Labute approximate surface area is 174 Å². The van der Waals surface area contributed by atoms with E-state index in [-0.39, 0.29) is 25.0 Å². The van der Waals surface area contributed by atoms with Gasteiger partial charge in [-0.05, 0) is 19.1 Å². The van der Waals surface area contributed by atoms with Gasteiger partial charge in [0.05, 0.1) is 18.7 Å². The summed E-state index contributed by atoms with van der Waals surface area (Å²) in [6.45, 7) is 5.03. The van der Waals surface area contributed by atoms with Crippen molar-refractivity contribution < 1.29 is 27.1 Å². The predicted octanol–water partition coefficient (Wildman–Crippen LogP) is 3.70. The van der Waals surface area contributed by atoms with Crippen LogP contribution in [-0.2, 0) is 11.0 Å². The first-order valence-electron chi connectivity index (χ1n) is 9.22. The molecule has 1 aliphatic rings. The van der Waals surface area contributed by atoms with E-state index in [0.29, 0.717) is 28.1 Å². The number of hydrogen-bond acceptors (Lipinski definition) is 5. The molecule has 0 atom stereocenters. The highest BCUT2D eigenvalue weighted by atomic mass is 19.4. The maximum Gasteiger partial charge on any atom is 0.416 e. The number of methoxy groups -OCH3 is 1. The third-order valence-electron chi connectivity index (χ3n) is 5.03. The largest absolute Gasteiger partial charge is 0.479 e. The van der Waals surface area contributed by atoms with Crippen molar-refractivity contribution in [3.05, 3.63) is 48.1 Å². The minimum Gasteiger partial charge on any atom is -0.479 e. The number of carbonyl (C=O) groups is 1. The van der Waals surface area contributed by atoms with Crippen LogP contribution in [0.25, 0.3) is 22.3 Å². The second-order valence-electron chi connectivity index (χ2n) is 7.11. The van der Waals surface area contributed by atoms with Gasteiger partial charge in [0.15, 0.2) is 5.83 Å². The van der Waals surface area contributed by atoms with E-state index in [1.165, 1.54) is 24.1 Å². The smallest absolute Gasteiger partial charge is 0.416 e. The number of ether oxygens (including phenoxy) is 1. The van der Waals surface area contributed by atoms with Crippen LogP contribution in [0.1, 0.15) is 17.4 Å². The summed E-state index contributed by atoms with van der Waals surface area (Å²) in [5.74, 6) is -1.20. The van der Waals surface area contributed by atoms with Crippen LogP contribution in [0.15, 0.2) is 36.7 Å². The summed E-state index contributed by atoms with van der Waals surface area (Å²) in [4.78, 5) is 21.7. The van der Waals surface area contributed by atoms with Crippen molar-refractivity contribution in [2.45, 2.75) is 19.1 Å². The maximum atomic E-state index is 13.1. The van der Waals surface area contributed by atoms with E-state index in [4.69, 9.17) is 4.74 Å². The highest BCUT2D eigenvalue weighted by molar-refractivity contribution is 5.93. The van der Waals surface area contributed by atoms with Crippen LogP contribution in [0.4, 0.5) is 17.6 Å². The van der Waals surface area contributed by atoms with Gasteiger partial charge in [0.1, 0.15) is 22.6 Å². The molecule has 0 unspecified atom stereocenters. The molecular weight excluding hydrogens is 418 g/mol. The Morgan fingerprint density at radius 1 is 1.19 bits per heavy atom. The first-order chi connectivity index (χ1) is 14.6. The van der Waals surface area contributed by atoms with Gasteiger partial charge in [0.25, 0.3) is 5.91 Å². The Hall–Kier alpha value is -3.50. The molecule has 162 valence electrons. The quantitative estimate of drug-likeness (QED) is 0.462. The van der Waals surface area contributed by atoms with Gasteiger partial charge in [0.2, 0.25) is 5.88 Å². The second kappa shape index (κ2) is 7.33. The van der Waals surface area contributed by atoms with Crippen LogP contribution >= 0.6 is 0 Å². The van der Waals surface area contributed by atoms with Gasteiger partial charge in [0, 0.05) is 18.7 Å². The van der Waals surface area contributed by atoms with Crippen molar-refractivity contribution in [1.82, 2.24) is 24.6 Å². The molecule has 0 N–H and O–H groups in total. The van der Waals surface area contributed by atoms with Gasteiger partial charge in [-0.3, -0.25) is 9.48 Å². The van der Waals surface area contributed by atoms with E-state index >= 15 is 0 Å². The Balaban J connectivity index is 1.80. The van der Waals surface area contributed by atoms with Crippen LogP contribution in [0.2, 0.25) is 0 Å². The number of fused-ring (bicyclic) bond motifs is 1. The Bertz CT molecular complexity index is 1180. The normalized spacial score (nSPS) is 14.6. The zero-order valence-electron chi connectivity index (χ0n) is 16.6. The van der Waals surface area contributed by atoms with Crippen LogP contribution < -0.4 is 4.74 Å². The molecule has 1 saturated heterocycles. The van der Waals surface area contributed by atoms with Crippen molar-refractivity contribution in [3.63, 3.8) is 0 Å². The van der Waals surface area contributed by atoms with Crippen LogP contribution in [0.5, 0.6) is 5.88 Å². The molecule has 1 amide bonds. The van der Waals surface area contributed by atoms with Crippen LogP contribution in [-0.4, -0.2) is 50.8 Å². The van der Waals surface area contributed by atoms with E-state index in [9.17, 15) is 22.4 Å². The Morgan fingerprint density at radius 2 is 1.84 bits per heavy atom. The first-order valence-corrected chi connectivity index (χ1v) is 9.22. The lowest BCUT2D eigenvalue weighted by molar-refractivity contribution is -0.137. The summed E-state index contributed by atoms with van der Waals surface area (Å²) in [6, 6.07) is 4.28. The summed E-state index contributed by atoms with van der Waals surface area (Å²) in [7, 11) is 1.43. The highest BCUT2D eigenvalue weighted by Gasteiger charge is 2.36. The number of rotatable bonds is 4. The molecule has 31 heavy (non-hydrogen) atoms. The minimum atomic E-state index is -4.45. The molecule has 11 heteroatoms. The zero-order valence-corrected chi connectivity index (χ0v) is 16.6. The van der Waals surface area contributed by atoms with Crippen molar-refractivity contribution in [1.29, 1.82) is 0 Å². The lowest BCUT2D eigenvalue weighted by Crippen LogP contribution is -2.51. The maximum absolute atomic E-state index is 13.1. The number of carbonyl (C=O) groups excluding carboxylic acids is 1. The number of aromatic nitrogens is 4. The molecule has 4 rings (SSSR count). The third-order valence-corrected chi connectivity index (χ3v) is 5.03. The topological polar surface area (TPSA) is 73.1 Å². The summed E-state index contributed by atoms with van der Waals surface area (Å²) in [5.41, 5.74) is 0.861. The lowest BCUT2D eigenvalue weighted by Gasteiger charge is -2.38. The molecule has 0 bridgehead atoms. The van der Waals surface area contributed by atoms with Crippen LogP contribution in [0.3, 0.4) is 0 Å². The number of nitrogens with zero attached hydrogens (tertiary/aromatic N) is 5. The molecule has 0 saturated carbocycles. The molecule has 0 radical (unpaired) electrons. The first kappa shape index (κ1) is 20.8. The van der Waals surface area contributed by atoms with Gasteiger partial charge in [-0.15, -0.1) is 0 Å². The predicted molar refractivity (Wildman–Crippen MR) is 103 cm³/mol. The van der Waals surface area contributed by atoms with E-state index in [1.807, 2.05) is 0 Å². The average Bonchev–Trinajstić information content (AvgIpc) is 3.04. The molecule has 0 aliphatic carbocycles. The van der Waals surface area contributed by atoms with E-state index in [1.54, 1.807) is 11.6 Å². The molecule has 1 aliphatic heterocycles. The summed E-state index contributed by atoms with van der Waals surface area (Å²) in [5, 5.41) is 4.56. The lowest BCUT2D eigenvalue weighted by atomic mass is 10.1. The number of benzene rings is 1. The SMILES string of the molecule is C=C(F)C(=O)N1CC(n2nc(-c3ccc(C(F)(F)F)cc3)c3nc(C)nc(OC)c32)C1.